The predicted octanol–water partition coefficient (Wildman–Crippen LogP) is 1.77. The van der Waals surface area contributed by atoms with Gasteiger partial charge >= 0.3 is 0 Å². The number of carbonyl (C=O) groups excluding carboxylic acids is 1. The number of hydrogen-bond acceptors (Lipinski definition) is 4. The number of nitrogens with zero attached hydrogens (tertiary/aromatic N) is 1. The molecule has 0 saturated heterocycles. The Morgan fingerprint density at radius 1 is 1.36 bits per heavy atom. The van der Waals surface area contributed by atoms with Crippen LogP contribution in [-0.4, -0.2) is 17.0 Å². The second kappa shape index (κ2) is 6.58. The summed E-state index contributed by atoms with van der Waals surface area (Å²) in [5.41, 5.74) is 3.75. The number of pyridine rings is 1. The van der Waals surface area contributed by atoms with Crippen molar-refractivity contribution in [3.8, 4) is 5.75 Å². The largest absolute Gasteiger partial charge is 0.479 e. The van der Waals surface area contributed by atoms with E-state index in [1.165, 1.54) is 11.1 Å². The quantitative estimate of drug-likeness (QED) is 0.883. The number of nitrogens with one attached hydrogen (secondary N) is 2. The topological polar surface area (TPSA) is 63.2 Å². The van der Waals surface area contributed by atoms with Gasteiger partial charge in [-0.25, -0.2) is 0 Å². The lowest BCUT2D eigenvalue weighted by Gasteiger charge is -2.14. The van der Waals surface area contributed by atoms with Gasteiger partial charge in [0.1, 0.15) is 5.75 Å². The summed E-state index contributed by atoms with van der Waals surface area (Å²) >= 11 is 0. The maximum atomic E-state index is 12.1. The monoisotopic (exact) mass is 297 g/mol. The van der Waals surface area contributed by atoms with Gasteiger partial charge in [0.25, 0.3) is 5.91 Å². The molecule has 0 fully saturated rings. The van der Waals surface area contributed by atoms with Gasteiger partial charge in [0.2, 0.25) is 0 Å². The summed E-state index contributed by atoms with van der Waals surface area (Å²) < 4.78 is 5.55. The van der Waals surface area contributed by atoms with Crippen LogP contribution in [-0.2, 0) is 24.4 Å². The van der Waals surface area contributed by atoms with Gasteiger partial charge in [0.05, 0.1) is 6.20 Å². The number of carbonyl (C=O) groups is 1. The normalized spacial score (nSPS) is 14.2. The molecule has 114 valence electrons. The summed E-state index contributed by atoms with van der Waals surface area (Å²) in [6.07, 6.45) is 2.71. The first-order valence-corrected chi connectivity index (χ1v) is 7.38. The molecule has 5 nitrogen and oxygen atoms in total. The maximum Gasteiger partial charge on any atom is 0.261 e. The van der Waals surface area contributed by atoms with Crippen LogP contribution in [0.25, 0.3) is 0 Å². The summed E-state index contributed by atoms with van der Waals surface area (Å²) in [4.78, 5) is 16.0. The molecule has 1 amide bonds. The Morgan fingerprint density at radius 3 is 3.05 bits per heavy atom. The number of amides is 1. The fourth-order valence-corrected chi connectivity index (χ4v) is 2.47. The number of rotatable bonds is 5. The van der Waals surface area contributed by atoms with E-state index in [9.17, 15) is 4.79 Å². The van der Waals surface area contributed by atoms with Crippen LogP contribution in [0.4, 0.5) is 0 Å². The third-order valence-electron chi connectivity index (χ3n) is 3.68. The van der Waals surface area contributed by atoms with Gasteiger partial charge < -0.3 is 15.4 Å². The average molecular weight is 297 g/mol. The smallest absolute Gasteiger partial charge is 0.261 e. The SMILES string of the molecule is CC(Oc1cccnc1)C(=O)NCc1ccc2c(c1)CNC2. The summed E-state index contributed by atoms with van der Waals surface area (Å²) in [7, 11) is 0. The highest BCUT2D eigenvalue weighted by Gasteiger charge is 2.15. The van der Waals surface area contributed by atoms with Crippen LogP contribution in [0, 0.1) is 0 Å². The highest BCUT2D eigenvalue weighted by molar-refractivity contribution is 5.80. The second-order valence-corrected chi connectivity index (χ2v) is 5.37. The van der Waals surface area contributed by atoms with Crippen LogP contribution >= 0.6 is 0 Å². The molecule has 0 saturated carbocycles. The van der Waals surface area contributed by atoms with E-state index in [1.807, 2.05) is 0 Å². The molecule has 1 unspecified atom stereocenters. The molecule has 0 aliphatic carbocycles. The molecule has 0 radical (unpaired) electrons. The lowest BCUT2D eigenvalue weighted by molar-refractivity contribution is -0.127. The highest BCUT2D eigenvalue weighted by Crippen LogP contribution is 2.17. The van der Waals surface area contributed by atoms with Gasteiger partial charge in [-0.1, -0.05) is 18.2 Å². The van der Waals surface area contributed by atoms with E-state index in [4.69, 9.17) is 4.74 Å². The fraction of sp³-hybridized carbons (Fsp3) is 0.294. The van der Waals surface area contributed by atoms with Crippen LogP contribution in [0.1, 0.15) is 23.6 Å². The Hall–Kier alpha value is -2.40. The molecule has 0 bridgehead atoms. The zero-order chi connectivity index (χ0) is 15.4. The van der Waals surface area contributed by atoms with Crippen molar-refractivity contribution >= 4 is 5.91 Å². The lowest BCUT2D eigenvalue weighted by Crippen LogP contribution is -2.35. The van der Waals surface area contributed by atoms with Gasteiger partial charge in [-0.3, -0.25) is 9.78 Å². The molecular formula is C17H19N3O2. The summed E-state index contributed by atoms with van der Waals surface area (Å²) in [5.74, 6) is 0.455. The molecule has 0 spiro atoms. The third kappa shape index (κ3) is 3.43. The number of aromatic nitrogens is 1. The average Bonchev–Trinajstić information content (AvgIpc) is 3.01. The molecule has 1 aromatic carbocycles. The van der Waals surface area contributed by atoms with E-state index in [0.717, 1.165) is 18.7 Å². The number of benzene rings is 1. The van der Waals surface area contributed by atoms with Gasteiger partial charge in [0, 0.05) is 25.8 Å². The molecule has 1 aliphatic heterocycles. The summed E-state index contributed by atoms with van der Waals surface area (Å²) in [6, 6.07) is 9.87. The van der Waals surface area contributed by atoms with E-state index in [2.05, 4.69) is 33.8 Å². The fourth-order valence-electron chi connectivity index (χ4n) is 2.47. The minimum Gasteiger partial charge on any atom is -0.479 e. The van der Waals surface area contributed by atoms with E-state index in [-0.39, 0.29) is 5.91 Å². The van der Waals surface area contributed by atoms with Crippen LogP contribution in [0.3, 0.4) is 0 Å². The van der Waals surface area contributed by atoms with Crippen LogP contribution in [0.2, 0.25) is 0 Å². The Morgan fingerprint density at radius 2 is 2.23 bits per heavy atom. The lowest BCUT2D eigenvalue weighted by atomic mass is 10.1. The van der Waals surface area contributed by atoms with E-state index >= 15 is 0 Å². The van der Waals surface area contributed by atoms with Crippen molar-refractivity contribution in [3.63, 3.8) is 0 Å². The van der Waals surface area contributed by atoms with E-state index < -0.39 is 6.10 Å². The van der Waals surface area contributed by atoms with Crippen molar-refractivity contribution in [1.82, 2.24) is 15.6 Å². The van der Waals surface area contributed by atoms with Crippen molar-refractivity contribution < 1.29 is 9.53 Å². The van der Waals surface area contributed by atoms with Crippen LogP contribution in [0.15, 0.2) is 42.7 Å². The van der Waals surface area contributed by atoms with Crippen molar-refractivity contribution in [1.29, 1.82) is 0 Å². The summed E-state index contributed by atoms with van der Waals surface area (Å²) in [5, 5.41) is 6.22. The van der Waals surface area contributed by atoms with Crippen molar-refractivity contribution in [2.45, 2.75) is 32.7 Å². The first kappa shape index (κ1) is 14.5. The van der Waals surface area contributed by atoms with Gasteiger partial charge in [0.15, 0.2) is 6.10 Å². The molecule has 5 heteroatoms. The van der Waals surface area contributed by atoms with Crippen molar-refractivity contribution in [2.75, 3.05) is 0 Å². The minimum absolute atomic E-state index is 0.137. The van der Waals surface area contributed by atoms with E-state index in [1.54, 1.807) is 31.5 Å². The van der Waals surface area contributed by atoms with Gasteiger partial charge in [-0.05, 0) is 35.7 Å². The van der Waals surface area contributed by atoms with E-state index in [0.29, 0.717) is 12.3 Å². The highest BCUT2D eigenvalue weighted by atomic mass is 16.5. The Balaban J connectivity index is 1.53. The zero-order valence-electron chi connectivity index (χ0n) is 12.5. The van der Waals surface area contributed by atoms with Gasteiger partial charge in [-0.15, -0.1) is 0 Å². The van der Waals surface area contributed by atoms with Gasteiger partial charge in [-0.2, -0.15) is 0 Å². The number of hydrogen-bond donors (Lipinski definition) is 2. The Labute approximate surface area is 129 Å². The van der Waals surface area contributed by atoms with Crippen LogP contribution in [0.5, 0.6) is 5.75 Å². The van der Waals surface area contributed by atoms with Crippen molar-refractivity contribution in [3.05, 3.63) is 59.4 Å². The molecule has 3 rings (SSSR count). The molecule has 22 heavy (non-hydrogen) atoms. The Kier molecular flexibility index (Phi) is 4.34. The zero-order valence-corrected chi connectivity index (χ0v) is 12.5. The number of fused-ring (bicyclic) bond motifs is 1. The maximum absolute atomic E-state index is 12.1. The molecule has 2 N–H and O–H groups in total. The van der Waals surface area contributed by atoms with Crippen LogP contribution < -0.4 is 15.4 Å². The minimum atomic E-state index is -0.555. The molecule has 1 atom stereocenters. The standard InChI is InChI=1S/C17H19N3O2/c1-12(22-16-3-2-6-18-11-16)17(21)20-8-13-4-5-14-9-19-10-15(14)7-13/h2-7,11-12,19H,8-10H2,1H3,(H,20,21). The van der Waals surface area contributed by atoms with Crippen molar-refractivity contribution in [2.24, 2.45) is 0 Å². The Bertz CT molecular complexity index is 658. The summed E-state index contributed by atoms with van der Waals surface area (Å²) in [6.45, 7) is 4.07. The first-order valence-electron chi connectivity index (χ1n) is 7.38. The molecule has 1 aromatic heterocycles. The first-order chi connectivity index (χ1) is 10.7. The number of ether oxygens (including phenoxy) is 1. The molecular weight excluding hydrogens is 278 g/mol. The molecule has 2 aromatic rings. The predicted molar refractivity (Wildman–Crippen MR) is 83.2 cm³/mol. The molecule has 2 heterocycles. The molecule has 1 aliphatic rings. The second-order valence-electron chi connectivity index (χ2n) is 5.37. The third-order valence-corrected chi connectivity index (χ3v) is 3.68.